The number of anilines is 1. The Hall–Kier alpha value is -4.05. The minimum Gasteiger partial charge on any atom is -0.310 e. The van der Waals surface area contributed by atoms with Gasteiger partial charge in [-0.1, -0.05) is 30.0 Å². The van der Waals surface area contributed by atoms with Crippen LogP contribution in [0.1, 0.15) is 0 Å². The number of benzene rings is 2. The van der Waals surface area contributed by atoms with Crippen LogP contribution in [0.15, 0.2) is 84.3 Å². The number of aromatic nitrogens is 6. The maximum absolute atomic E-state index is 13.4. The highest BCUT2D eigenvalue weighted by Crippen LogP contribution is 2.28. The van der Waals surface area contributed by atoms with Gasteiger partial charge >= 0.3 is 0 Å². The first-order valence-corrected chi connectivity index (χ1v) is 10.7. The largest absolute Gasteiger partial charge is 0.310 e. The number of fused-ring (bicyclic) bond motifs is 1. The van der Waals surface area contributed by atoms with Crippen molar-refractivity contribution >= 4 is 29.1 Å². The number of amides is 1. The molecule has 10 heteroatoms. The first kappa shape index (κ1) is 19.9. The summed E-state index contributed by atoms with van der Waals surface area (Å²) in [4.78, 5) is 16.8. The zero-order chi connectivity index (χ0) is 21.9. The minimum atomic E-state index is -0.326. The molecule has 3 aromatic heterocycles. The summed E-state index contributed by atoms with van der Waals surface area (Å²) in [7, 11) is 0. The van der Waals surface area contributed by atoms with Gasteiger partial charge in [-0.15, -0.1) is 10.2 Å². The van der Waals surface area contributed by atoms with Crippen molar-refractivity contribution in [2.45, 2.75) is 5.16 Å². The molecule has 1 amide bonds. The Kier molecular flexibility index (Phi) is 5.34. The zero-order valence-corrected chi connectivity index (χ0v) is 17.4. The van der Waals surface area contributed by atoms with E-state index in [9.17, 15) is 9.18 Å². The second kappa shape index (κ2) is 8.60. The number of carbonyl (C=O) groups is 1. The van der Waals surface area contributed by atoms with Gasteiger partial charge in [-0.2, -0.15) is 9.61 Å². The summed E-state index contributed by atoms with van der Waals surface area (Å²) in [5.41, 5.74) is 2.20. The first-order chi connectivity index (χ1) is 15.7. The average Bonchev–Trinajstić information content (AvgIpc) is 3.47. The van der Waals surface area contributed by atoms with E-state index in [1.807, 2.05) is 34.9 Å². The predicted octanol–water partition coefficient (Wildman–Crippen LogP) is 3.85. The van der Waals surface area contributed by atoms with Crippen molar-refractivity contribution < 1.29 is 9.18 Å². The van der Waals surface area contributed by atoms with Crippen molar-refractivity contribution in [2.75, 3.05) is 11.1 Å². The van der Waals surface area contributed by atoms with Crippen LogP contribution < -0.4 is 5.32 Å². The van der Waals surface area contributed by atoms with Gasteiger partial charge in [0, 0.05) is 23.5 Å². The van der Waals surface area contributed by atoms with E-state index in [1.54, 1.807) is 41.2 Å². The summed E-state index contributed by atoms with van der Waals surface area (Å²) < 4.78 is 16.8. The fourth-order valence-electron chi connectivity index (χ4n) is 3.20. The molecule has 0 atom stereocenters. The van der Waals surface area contributed by atoms with E-state index in [2.05, 4.69) is 25.6 Å². The van der Waals surface area contributed by atoms with Crippen LogP contribution in [0.5, 0.6) is 0 Å². The molecule has 158 valence electrons. The standard InChI is InChI=1S/C22H16FN7OS/c23-16-8-6-15(7-9-16)21-27-28-22(29(21)17-4-2-1-3-5-17)32-14-20(31)26-19-10-12-24-18-11-13-25-30(18)19/h1-13H,14H2,(H,26,31). The molecule has 0 aliphatic rings. The number of halogens is 1. The van der Waals surface area contributed by atoms with Gasteiger partial charge in [0.15, 0.2) is 16.6 Å². The fourth-order valence-corrected chi connectivity index (χ4v) is 3.95. The van der Waals surface area contributed by atoms with Gasteiger partial charge in [0.1, 0.15) is 11.6 Å². The lowest BCUT2D eigenvalue weighted by Crippen LogP contribution is -2.17. The van der Waals surface area contributed by atoms with E-state index in [1.165, 1.54) is 23.9 Å². The molecule has 0 radical (unpaired) electrons. The third-order valence-electron chi connectivity index (χ3n) is 4.64. The monoisotopic (exact) mass is 445 g/mol. The maximum atomic E-state index is 13.4. The van der Waals surface area contributed by atoms with Gasteiger partial charge in [0.25, 0.3) is 0 Å². The number of nitrogens with one attached hydrogen (secondary N) is 1. The fraction of sp³-hybridized carbons (Fsp3) is 0.0455. The van der Waals surface area contributed by atoms with Crippen LogP contribution in [0, 0.1) is 5.82 Å². The van der Waals surface area contributed by atoms with Crippen molar-refractivity contribution in [2.24, 2.45) is 0 Å². The highest BCUT2D eigenvalue weighted by Gasteiger charge is 2.17. The number of carbonyl (C=O) groups excluding carboxylic acids is 1. The Morgan fingerprint density at radius 3 is 2.59 bits per heavy atom. The van der Waals surface area contributed by atoms with Crippen molar-refractivity contribution in [1.29, 1.82) is 0 Å². The summed E-state index contributed by atoms with van der Waals surface area (Å²) in [5.74, 6) is 0.658. The van der Waals surface area contributed by atoms with Crippen molar-refractivity contribution in [3.8, 4) is 17.1 Å². The van der Waals surface area contributed by atoms with Crippen LogP contribution in [-0.4, -0.2) is 41.0 Å². The van der Waals surface area contributed by atoms with Gasteiger partial charge in [-0.05, 0) is 42.5 Å². The normalized spacial score (nSPS) is 11.0. The Morgan fingerprint density at radius 2 is 1.78 bits per heavy atom. The highest BCUT2D eigenvalue weighted by atomic mass is 32.2. The third-order valence-corrected chi connectivity index (χ3v) is 5.57. The van der Waals surface area contributed by atoms with Crippen LogP contribution in [0.4, 0.5) is 10.2 Å². The van der Waals surface area contributed by atoms with Crippen LogP contribution in [-0.2, 0) is 4.79 Å². The van der Waals surface area contributed by atoms with E-state index in [4.69, 9.17) is 0 Å². The zero-order valence-electron chi connectivity index (χ0n) is 16.6. The number of rotatable bonds is 6. The molecule has 5 rings (SSSR count). The molecule has 0 fully saturated rings. The Bertz CT molecular complexity index is 1380. The lowest BCUT2D eigenvalue weighted by molar-refractivity contribution is -0.113. The molecular weight excluding hydrogens is 429 g/mol. The van der Waals surface area contributed by atoms with E-state index >= 15 is 0 Å². The molecular formula is C22H16FN7OS. The molecule has 0 unspecified atom stereocenters. The molecule has 1 N–H and O–H groups in total. The summed E-state index contributed by atoms with van der Waals surface area (Å²) in [6.07, 6.45) is 3.23. The predicted molar refractivity (Wildman–Crippen MR) is 119 cm³/mol. The van der Waals surface area contributed by atoms with Crippen LogP contribution in [0.25, 0.3) is 22.7 Å². The first-order valence-electron chi connectivity index (χ1n) is 9.67. The number of thioether (sulfide) groups is 1. The molecule has 5 aromatic rings. The van der Waals surface area contributed by atoms with Crippen molar-refractivity contribution in [3.63, 3.8) is 0 Å². The van der Waals surface area contributed by atoms with Crippen molar-refractivity contribution in [3.05, 3.63) is 84.9 Å². The SMILES string of the molecule is O=C(CSc1nnc(-c2ccc(F)cc2)n1-c1ccccc1)Nc1ccnc2ccnn12. The van der Waals surface area contributed by atoms with Crippen molar-refractivity contribution in [1.82, 2.24) is 29.4 Å². The molecule has 0 spiro atoms. The van der Waals surface area contributed by atoms with E-state index in [-0.39, 0.29) is 17.5 Å². The summed E-state index contributed by atoms with van der Waals surface area (Å²) in [6, 6.07) is 19.1. The number of hydrogen-bond acceptors (Lipinski definition) is 6. The minimum absolute atomic E-state index is 0.111. The van der Waals surface area contributed by atoms with Gasteiger partial charge in [-0.25, -0.2) is 9.37 Å². The molecule has 0 aliphatic heterocycles. The van der Waals surface area contributed by atoms with Crippen LogP contribution in [0.3, 0.4) is 0 Å². The molecule has 0 bridgehead atoms. The third kappa shape index (κ3) is 3.95. The quantitative estimate of drug-likeness (QED) is 0.400. The molecule has 3 heterocycles. The molecule has 0 aliphatic carbocycles. The second-order valence-electron chi connectivity index (χ2n) is 6.75. The van der Waals surface area contributed by atoms with Gasteiger partial charge < -0.3 is 5.32 Å². The van der Waals surface area contributed by atoms with E-state index in [0.717, 1.165) is 11.3 Å². The number of hydrogen-bond donors (Lipinski definition) is 1. The Balaban J connectivity index is 1.40. The van der Waals surface area contributed by atoms with Gasteiger partial charge in [-0.3, -0.25) is 9.36 Å². The van der Waals surface area contributed by atoms with E-state index in [0.29, 0.717) is 22.4 Å². The lowest BCUT2D eigenvalue weighted by Gasteiger charge is -2.10. The molecule has 32 heavy (non-hydrogen) atoms. The Morgan fingerprint density at radius 1 is 0.969 bits per heavy atom. The molecule has 0 saturated heterocycles. The maximum Gasteiger partial charge on any atom is 0.236 e. The second-order valence-corrected chi connectivity index (χ2v) is 7.69. The van der Waals surface area contributed by atoms with Gasteiger partial charge in [0.2, 0.25) is 5.91 Å². The highest BCUT2D eigenvalue weighted by molar-refractivity contribution is 7.99. The van der Waals surface area contributed by atoms with Gasteiger partial charge in [0.05, 0.1) is 11.9 Å². The molecule has 8 nitrogen and oxygen atoms in total. The summed E-state index contributed by atoms with van der Waals surface area (Å²) >= 11 is 1.25. The van der Waals surface area contributed by atoms with Crippen LogP contribution in [0.2, 0.25) is 0 Å². The smallest absolute Gasteiger partial charge is 0.236 e. The Labute approximate surface area is 186 Å². The summed E-state index contributed by atoms with van der Waals surface area (Å²) in [5, 5.41) is 16.1. The van der Waals surface area contributed by atoms with Crippen LogP contribution >= 0.6 is 11.8 Å². The lowest BCUT2D eigenvalue weighted by atomic mass is 10.2. The topological polar surface area (TPSA) is 90.0 Å². The average molecular weight is 445 g/mol. The molecule has 2 aromatic carbocycles. The summed E-state index contributed by atoms with van der Waals surface area (Å²) in [6.45, 7) is 0. The van der Waals surface area contributed by atoms with E-state index < -0.39 is 0 Å². The number of para-hydroxylation sites is 1. The number of nitrogens with zero attached hydrogens (tertiary/aromatic N) is 6. The molecule has 0 saturated carbocycles.